The van der Waals surface area contributed by atoms with Gasteiger partial charge in [0.2, 0.25) is 10.0 Å². The molecule has 20 heavy (non-hydrogen) atoms. The molecule has 1 aromatic carbocycles. The summed E-state index contributed by atoms with van der Waals surface area (Å²) in [7, 11) is -1.35. The van der Waals surface area contributed by atoms with Crippen molar-refractivity contribution < 1.29 is 8.42 Å². The first kappa shape index (κ1) is 15.9. The molecular weight excluding hydrogens is 340 g/mol. The summed E-state index contributed by atoms with van der Waals surface area (Å²) in [6.07, 6.45) is 1.71. The third kappa shape index (κ3) is 3.42. The average Bonchev–Trinajstić information content (AvgIpc) is 2.61. The predicted molar refractivity (Wildman–Crippen MR) is 84.2 cm³/mol. The maximum atomic E-state index is 12.8. The molecule has 0 radical (unpaired) electrons. The molecule has 1 fully saturated rings. The molecule has 1 unspecified atom stereocenters. The third-order valence-corrected chi connectivity index (χ3v) is 6.23. The van der Waals surface area contributed by atoms with E-state index in [4.69, 9.17) is 0 Å². The van der Waals surface area contributed by atoms with E-state index >= 15 is 0 Å². The van der Waals surface area contributed by atoms with Gasteiger partial charge >= 0.3 is 0 Å². The molecule has 1 aromatic rings. The molecule has 1 atom stereocenters. The second kappa shape index (κ2) is 6.56. The number of halogens is 1. The number of rotatable bonds is 3. The summed E-state index contributed by atoms with van der Waals surface area (Å²) >= 11 is 3.34. The average molecular weight is 361 g/mol. The van der Waals surface area contributed by atoms with E-state index in [0.717, 1.165) is 30.4 Å². The Kier molecular flexibility index (Phi) is 5.23. The molecule has 1 heterocycles. The van der Waals surface area contributed by atoms with Crippen LogP contribution in [0.5, 0.6) is 0 Å². The molecule has 0 amide bonds. The zero-order chi connectivity index (χ0) is 14.8. The van der Waals surface area contributed by atoms with Gasteiger partial charge in [-0.15, -0.1) is 0 Å². The Morgan fingerprint density at radius 1 is 1.25 bits per heavy atom. The van der Waals surface area contributed by atoms with Gasteiger partial charge in [-0.3, -0.25) is 0 Å². The van der Waals surface area contributed by atoms with E-state index in [1.165, 1.54) is 0 Å². The summed E-state index contributed by atoms with van der Waals surface area (Å²) in [6, 6.07) is 6.94. The van der Waals surface area contributed by atoms with Crippen molar-refractivity contribution in [2.75, 3.05) is 26.7 Å². The second-order valence-electron chi connectivity index (χ2n) is 5.25. The quantitative estimate of drug-likeness (QED) is 0.831. The van der Waals surface area contributed by atoms with Crippen LogP contribution < -0.4 is 0 Å². The van der Waals surface area contributed by atoms with Crippen LogP contribution in [0.2, 0.25) is 0 Å². The van der Waals surface area contributed by atoms with Crippen molar-refractivity contribution in [3.05, 3.63) is 28.7 Å². The van der Waals surface area contributed by atoms with E-state index in [2.05, 4.69) is 27.9 Å². The minimum Gasteiger partial charge on any atom is -0.305 e. The highest BCUT2D eigenvalue weighted by molar-refractivity contribution is 9.10. The van der Waals surface area contributed by atoms with Crippen molar-refractivity contribution in [2.24, 2.45) is 0 Å². The largest absolute Gasteiger partial charge is 0.305 e. The number of likely N-dealkylation sites (N-methyl/N-ethyl adjacent to an activating group) is 1. The summed E-state index contributed by atoms with van der Waals surface area (Å²) < 4.78 is 28.2. The Labute approximate surface area is 129 Å². The molecule has 0 spiro atoms. The van der Waals surface area contributed by atoms with Crippen molar-refractivity contribution in [1.82, 2.24) is 9.21 Å². The molecule has 0 saturated carbocycles. The van der Waals surface area contributed by atoms with Crippen LogP contribution in [0.15, 0.2) is 33.6 Å². The predicted octanol–water partition coefficient (Wildman–Crippen LogP) is 2.55. The summed E-state index contributed by atoms with van der Waals surface area (Å²) in [5, 5.41) is 0. The van der Waals surface area contributed by atoms with Gasteiger partial charge in [0.05, 0.1) is 4.90 Å². The Morgan fingerprint density at radius 3 is 2.50 bits per heavy atom. The number of hydrogen-bond acceptors (Lipinski definition) is 3. The molecule has 1 saturated heterocycles. The van der Waals surface area contributed by atoms with Crippen molar-refractivity contribution in [2.45, 2.75) is 30.7 Å². The van der Waals surface area contributed by atoms with Crippen molar-refractivity contribution in [3.8, 4) is 0 Å². The Bertz CT molecular complexity index is 545. The first-order valence-corrected chi connectivity index (χ1v) is 9.14. The highest BCUT2D eigenvalue weighted by atomic mass is 79.9. The maximum Gasteiger partial charge on any atom is 0.243 e. The number of hydrogen-bond donors (Lipinski definition) is 0. The normalized spacial score (nSPS) is 22.6. The number of nitrogens with zero attached hydrogens (tertiary/aromatic N) is 2. The molecule has 0 N–H and O–H groups in total. The Hall–Kier alpha value is -0.430. The van der Waals surface area contributed by atoms with Crippen molar-refractivity contribution in [3.63, 3.8) is 0 Å². The second-order valence-corrected chi connectivity index (χ2v) is 8.05. The molecule has 112 valence electrons. The van der Waals surface area contributed by atoms with E-state index in [1.54, 1.807) is 28.6 Å². The molecule has 4 nitrogen and oxygen atoms in total. The fraction of sp³-hybridized carbons (Fsp3) is 0.571. The standard InChI is InChI=1S/C14H21BrN2O2S/c1-3-13-11-16(2)9-4-10-17(13)20(18,19)14-7-5-12(15)6-8-14/h5-8,13H,3-4,9-11H2,1-2H3. The molecule has 0 bridgehead atoms. The van der Waals surface area contributed by atoms with Gasteiger partial charge in [0.25, 0.3) is 0 Å². The lowest BCUT2D eigenvalue weighted by Gasteiger charge is -2.29. The van der Waals surface area contributed by atoms with E-state index in [9.17, 15) is 8.42 Å². The van der Waals surface area contributed by atoms with Crippen molar-refractivity contribution >= 4 is 26.0 Å². The van der Waals surface area contributed by atoms with Gasteiger partial charge in [0.15, 0.2) is 0 Å². The monoisotopic (exact) mass is 360 g/mol. The van der Waals surface area contributed by atoms with Crippen LogP contribution in [0.3, 0.4) is 0 Å². The number of benzene rings is 1. The third-order valence-electron chi connectivity index (χ3n) is 3.74. The molecule has 0 aromatic heterocycles. The molecule has 6 heteroatoms. The van der Waals surface area contributed by atoms with Gasteiger partial charge in [0, 0.05) is 23.6 Å². The van der Waals surface area contributed by atoms with Crippen LogP contribution in [0, 0.1) is 0 Å². The number of sulfonamides is 1. The first-order valence-electron chi connectivity index (χ1n) is 6.91. The van der Waals surface area contributed by atoms with Crippen LogP contribution in [0.1, 0.15) is 19.8 Å². The maximum absolute atomic E-state index is 12.8. The Balaban J connectivity index is 2.33. The van der Waals surface area contributed by atoms with Gasteiger partial charge in [-0.25, -0.2) is 8.42 Å². The fourth-order valence-electron chi connectivity index (χ4n) is 2.61. The Morgan fingerprint density at radius 2 is 1.90 bits per heavy atom. The first-order chi connectivity index (χ1) is 9.45. The van der Waals surface area contributed by atoms with Gasteiger partial charge in [-0.2, -0.15) is 4.31 Å². The summed E-state index contributed by atoms with van der Waals surface area (Å²) in [5.41, 5.74) is 0. The van der Waals surface area contributed by atoms with Crippen LogP contribution in [-0.2, 0) is 10.0 Å². The molecule has 1 aliphatic heterocycles. The summed E-state index contributed by atoms with van der Waals surface area (Å²) in [5.74, 6) is 0. The lowest BCUT2D eigenvalue weighted by molar-refractivity contribution is 0.270. The summed E-state index contributed by atoms with van der Waals surface area (Å²) in [4.78, 5) is 2.59. The minimum absolute atomic E-state index is 0.0520. The van der Waals surface area contributed by atoms with E-state index < -0.39 is 10.0 Å². The molecule has 0 aliphatic carbocycles. The SMILES string of the molecule is CCC1CN(C)CCCN1S(=O)(=O)c1ccc(Br)cc1. The lowest BCUT2D eigenvalue weighted by atomic mass is 10.2. The van der Waals surface area contributed by atoms with Crippen molar-refractivity contribution in [1.29, 1.82) is 0 Å². The zero-order valence-electron chi connectivity index (χ0n) is 11.9. The van der Waals surface area contributed by atoms with Crippen LogP contribution in [-0.4, -0.2) is 50.3 Å². The smallest absolute Gasteiger partial charge is 0.243 e. The van der Waals surface area contributed by atoms with E-state index in [0.29, 0.717) is 11.4 Å². The van der Waals surface area contributed by atoms with Crippen LogP contribution in [0.25, 0.3) is 0 Å². The van der Waals surface area contributed by atoms with Gasteiger partial charge in [-0.1, -0.05) is 22.9 Å². The van der Waals surface area contributed by atoms with Gasteiger partial charge < -0.3 is 4.90 Å². The van der Waals surface area contributed by atoms with Gasteiger partial charge in [-0.05, 0) is 50.7 Å². The molecule has 1 aliphatic rings. The summed E-state index contributed by atoms with van der Waals surface area (Å²) in [6.45, 7) is 4.39. The lowest BCUT2D eigenvalue weighted by Crippen LogP contribution is -2.43. The van der Waals surface area contributed by atoms with E-state index in [1.807, 2.05) is 6.92 Å². The van der Waals surface area contributed by atoms with Gasteiger partial charge in [0.1, 0.15) is 0 Å². The molecule has 2 rings (SSSR count). The zero-order valence-corrected chi connectivity index (χ0v) is 14.3. The highest BCUT2D eigenvalue weighted by Gasteiger charge is 2.32. The van der Waals surface area contributed by atoms with Crippen LogP contribution in [0.4, 0.5) is 0 Å². The highest BCUT2D eigenvalue weighted by Crippen LogP contribution is 2.23. The van der Waals surface area contributed by atoms with Crippen LogP contribution >= 0.6 is 15.9 Å². The molecular formula is C14H21BrN2O2S. The van der Waals surface area contributed by atoms with E-state index in [-0.39, 0.29) is 6.04 Å². The minimum atomic E-state index is -3.40. The fourth-order valence-corrected chi connectivity index (χ4v) is 4.61. The topological polar surface area (TPSA) is 40.6 Å².